The highest BCUT2D eigenvalue weighted by molar-refractivity contribution is 5.87. The van der Waals surface area contributed by atoms with E-state index in [2.05, 4.69) is 23.5 Å². The van der Waals surface area contributed by atoms with E-state index < -0.39 is 0 Å². The van der Waals surface area contributed by atoms with Crippen LogP contribution < -0.4 is 0 Å². The van der Waals surface area contributed by atoms with Gasteiger partial charge in [-0.15, -0.1) is 0 Å². The Morgan fingerprint density at radius 1 is 1.73 bits per heavy atom. The fourth-order valence-electron chi connectivity index (χ4n) is 1.08. The molecule has 1 rings (SSSR count). The van der Waals surface area contributed by atoms with Gasteiger partial charge in [-0.2, -0.15) is 0 Å². The second-order valence-electron chi connectivity index (χ2n) is 2.73. The summed E-state index contributed by atoms with van der Waals surface area (Å²) < 4.78 is 5.45. The Morgan fingerprint density at radius 2 is 2.36 bits per heavy atom. The summed E-state index contributed by atoms with van der Waals surface area (Å²) in [4.78, 5) is 6.11. The summed E-state index contributed by atoms with van der Waals surface area (Å²) in [6.07, 6.45) is 1.95. The summed E-state index contributed by atoms with van der Waals surface area (Å²) in [7, 11) is 3.77. The number of likely N-dealkylation sites (tertiary alicyclic amines) is 1. The van der Waals surface area contributed by atoms with Crippen molar-refractivity contribution in [3.05, 3.63) is 12.7 Å². The second kappa shape index (κ2) is 3.53. The topological polar surface area (TPSA) is 24.8 Å². The average Bonchev–Trinajstić information content (AvgIpc) is 1.96. The van der Waals surface area contributed by atoms with Crippen LogP contribution in [0.3, 0.4) is 0 Å². The van der Waals surface area contributed by atoms with Gasteiger partial charge in [-0.05, 0) is 13.1 Å². The van der Waals surface area contributed by atoms with Crippen LogP contribution in [0.5, 0.6) is 0 Å². The summed E-state index contributed by atoms with van der Waals surface area (Å²) in [5.74, 6) is 0.642. The zero-order valence-electron chi connectivity index (χ0n) is 7.08. The molecular weight excluding hydrogens is 140 g/mol. The number of hydrogen-bond acceptors (Lipinski definition) is 3. The van der Waals surface area contributed by atoms with Crippen molar-refractivity contribution in [3.8, 4) is 0 Å². The van der Waals surface area contributed by atoms with Crippen LogP contribution >= 0.6 is 0 Å². The van der Waals surface area contributed by atoms with E-state index in [4.69, 9.17) is 4.74 Å². The molecule has 1 aliphatic rings. The summed E-state index contributed by atoms with van der Waals surface area (Å²) in [5, 5.41) is 0. The zero-order chi connectivity index (χ0) is 8.27. The summed E-state index contributed by atoms with van der Waals surface area (Å²) in [6, 6.07) is 0. The molecule has 0 saturated carbocycles. The minimum atomic E-state index is 0.316. The molecule has 0 aromatic carbocycles. The average molecular weight is 154 g/mol. The molecule has 11 heavy (non-hydrogen) atoms. The predicted octanol–water partition coefficient (Wildman–Crippen LogP) is 0.531. The van der Waals surface area contributed by atoms with Crippen LogP contribution in [0.1, 0.15) is 0 Å². The van der Waals surface area contributed by atoms with E-state index in [0.29, 0.717) is 12.0 Å². The van der Waals surface area contributed by atoms with Crippen molar-refractivity contribution < 1.29 is 4.74 Å². The maximum atomic E-state index is 5.45. The molecule has 62 valence electrons. The highest BCUT2D eigenvalue weighted by Gasteiger charge is 2.24. The minimum absolute atomic E-state index is 0.316. The second-order valence-corrected chi connectivity index (χ2v) is 2.73. The molecule has 1 heterocycles. The Hall–Kier alpha value is -0.830. The van der Waals surface area contributed by atoms with Crippen molar-refractivity contribution in [1.82, 2.24) is 4.90 Å². The first-order valence-electron chi connectivity index (χ1n) is 3.70. The Balaban J connectivity index is 2.26. The molecule has 0 spiro atoms. The van der Waals surface area contributed by atoms with Crippen LogP contribution in [-0.4, -0.2) is 44.1 Å². The molecule has 0 amide bonds. The van der Waals surface area contributed by atoms with E-state index in [-0.39, 0.29) is 0 Å². The van der Waals surface area contributed by atoms with Gasteiger partial charge < -0.3 is 4.74 Å². The van der Waals surface area contributed by atoms with Gasteiger partial charge in [-0.25, -0.2) is 0 Å². The lowest BCUT2D eigenvalue weighted by Crippen LogP contribution is -2.50. The van der Waals surface area contributed by atoms with Crippen molar-refractivity contribution >= 4 is 5.90 Å². The summed E-state index contributed by atoms with van der Waals surface area (Å²) >= 11 is 0. The van der Waals surface area contributed by atoms with Crippen LogP contribution in [0.2, 0.25) is 0 Å². The SMILES string of the molecule is C=CC(=NC)OC1CN(C)C1. The first kappa shape index (κ1) is 8.27. The highest BCUT2D eigenvalue weighted by Crippen LogP contribution is 2.08. The van der Waals surface area contributed by atoms with Gasteiger partial charge in [0.25, 0.3) is 0 Å². The van der Waals surface area contributed by atoms with Crippen molar-refractivity contribution in [2.45, 2.75) is 6.10 Å². The fraction of sp³-hybridized carbons (Fsp3) is 0.625. The molecule has 0 bridgehead atoms. The van der Waals surface area contributed by atoms with Crippen LogP contribution in [0.15, 0.2) is 17.6 Å². The Bertz CT molecular complexity index is 171. The largest absolute Gasteiger partial charge is 0.472 e. The molecule has 0 N–H and O–H groups in total. The van der Waals surface area contributed by atoms with Gasteiger partial charge in [0, 0.05) is 20.1 Å². The third-order valence-electron chi connectivity index (χ3n) is 1.71. The monoisotopic (exact) mass is 154 g/mol. The van der Waals surface area contributed by atoms with Gasteiger partial charge in [-0.3, -0.25) is 9.89 Å². The Morgan fingerprint density at radius 3 is 2.73 bits per heavy atom. The van der Waals surface area contributed by atoms with E-state index in [0.717, 1.165) is 13.1 Å². The smallest absolute Gasteiger partial charge is 0.208 e. The third kappa shape index (κ3) is 2.05. The van der Waals surface area contributed by atoms with Crippen LogP contribution in [0.4, 0.5) is 0 Å². The Kier molecular flexibility index (Phi) is 2.65. The number of ether oxygens (including phenoxy) is 1. The maximum Gasteiger partial charge on any atom is 0.208 e. The van der Waals surface area contributed by atoms with Crippen molar-refractivity contribution in [3.63, 3.8) is 0 Å². The quantitative estimate of drug-likeness (QED) is 0.428. The molecule has 1 fully saturated rings. The summed E-state index contributed by atoms with van der Waals surface area (Å²) in [5.41, 5.74) is 0. The lowest BCUT2D eigenvalue weighted by Gasteiger charge is -2.35. The fourth-order valence-corrected chi connectivity index (χ4v) is 1.08. The molecule has 0 radical (unpaired) electrons. The maximum absolute atomic E-state index is 5.45. The van der Waals surface area contributed by atoms with Gasteiger partial charge in [0.2, 0.25) is 5.90 Å². The van der Waals surface area contributed by atoms with E-state index in [1.165, 1.54) is 0 Å². The Labute approximate surface area is 67.4 Å². The number of rotatable bonds is 2. The normalized spacial score (nSPS) is 21.1. The number of aliphatic imine (C=N–C) groups is 1. The van der Waals surface area contributed by atoms with Gasteiger partial charge in [0.15, 0.2) is 0 Å². The molecule has 3 heteroatoms. The van der Waals surface area contributed by atoms with Crippen molar-refractivity contribution in [1.29, 1.82) is 0 Å². The van der Waals surface area contributed by atoms with Crippen molar-refractivity contribution in [2.75, 3.05) is 27.2 Å². The molecule has 0 atom stereocenters. The number of nitrogens with zero attached hydrogens (tertiary/aromatic N) is 2. The van der Waals surface area contributed by atoms with E-state index in [1.807, 2.05) is 0 Å². The lowest BCUT2D eigenvalue weighted by atomic mass is 10.2. The molecular formula is C8H14N2O. The van der Waals surface area contributed by atoms with Gasteiger partial charge in [-0.1, -0.05) is 6.58 Å². The first-order valence-corrected chi connectivity index (χ1v) is 3.70. The van der Waals surface area contributed by atoms with Gasteiger partial charge in [0.1, 0.15) is 6.10 Å². The van der Waals surface area contributed by atoms with E-state index >= 15 is 0 Å². The number of likely N-dealkylation sites (N-methyl/N-ethyl adjacent to an activating group) is 1. The molecule has 0 aliphatic carbocycles. The third-order valence-corrected chi connectivity index (χ3v) is 1.71. The minimum Gasteiger partial charge on any atom is -0.472 e. The highest BCUT2D eigenvalue weighted by atomic mass is 16.5. The molecule has 0 aromatic heterocycles. The van der Waals surface area contributed by atoms with E-state index in [1.54, 1.807) is 13.1 Å². The summed E-state index contributed by atoms with van der Waals surface area (Å²) in [6.45, 7) is 5.58. The molecule has 0 unspecified atom stereocenters. The first-order chi connectivity index (χ1) is 5.26. The lowest BCUT2D eigenvalue weighted by molar-refractivity contribution is 0.0308. The molecule has 3 nitrogen and oxygen atoms in total. The molecule has 0 aromatic rings. The van der Waals surface area contributed by atoms with Gasteiger partial charge in [0.05, 0.1) is 0 Å². The standard InChI is InChI=1S/C8H14N2O/c1-4-8(9-2)11-7-5-10(3)6-7/h4,7H,1,5-6H2,2-3H3. The van der Waals surface area contributed by atoms with Crippen LogP contribution in [-0.2, 0) is 4.74 Å². The van der Waals surface area contributed by atoms with Crippen molar-refractivity contribution in [2.24, 2.45) is 4.99 Å². The van der Waals surface area contributed by atoms with E-state index in [9.17, 15) is 0 Å². The number of hydrogen-bond donors (Lipinski definition) is 0. The van der Waals surface area contributed by atoms with Gasteiger partial charge >= 0.3 is 0 Å². The van der Waals surface area contributed by atoms with Crippen LogP contribution in [0.25, 0.3) is 0 Å². The molecule has 1 saturated heterocycles. The van der Waals surface area contributed by atoms with Crippen LogP contribution in [0, 0.1) is 0 Å². The molecule has 1 aliphatic heterocycles. The zero-order valence-corrected chi connectivity index (χ0v) is 7.08. The predicted molar refractivity (Wildman–Crippen MR) is 45.9 cm³/mol.